The standard InChI is InChI=1S/C9H16O5/c1-2-3-4-5-9(13,14)8(12)7(11)6-10/h6,10-11,13-14H,2-5H2,1H3. The molecule has 0 aliphatic rings. The number of carbonyl (C=O) groups excluding carboxylic acids is 1. The second kappa shape index (κ2) is 5.62. The topological polar surface area (TPSA) is 98.0 Å². The molecular formula is C9H16O5. The molecule has 0 fully saturated rings. The summed E-state index contributed by atoms with van der Waals surface area (Å²) in [6.07, 6.45) is 2.10. The van der Waals surface area contributed by atoms with Crippen molar-refractivity contribution in [2.75, 3.05) is 0 Å². The minimum Gasteiger partial charge on any atom is -0.512 e. The fourth-order valence-corrected chi connectivity index (χ4v) is 0.999. The van der Waals surface area contributed by atoms with Gasteiger partial charge in [-0.05, 0) is 6.42 Å². The first-order chi connectivity index (χ1) is 6.45. The van der Waals surface area contributed by atoms with Crippen molar-refractivity contribution in [1.29, 1.82) is 0 Å². The van der Waals surface area contributed by atoms with Gasteiger partial charge in [0.2, 0.25) is 5.79 Å². The van der Waals surface area contributed by atoms with Gasteiger partial charge >= 0.3 is 0 Å². The number of aliphatic hydroxyl groups excluding tert-OH is 2. The van der Waals surface area contributed by atoms with Gasteiger partial charge in [0, 0.05) is 6.42 Å². The van der Waals surface area contributed by atoms with Crippen LogP contribution in [-0.2, 0) is 4.79 Å². The van der Waals surface area contributed by atoms with E-state index in [1.165, 1.54) is 0 Å². The second-order valence-corrected chi connectivity index (χ2v) is 3.12. The van der Waals surface area contributed by atoms with Crippen LogP contribution < -0.4 is 0 Å². The van der Waals surface area contributed by atoms with E-state index in [0.717, 1.165) is 12.8 Å². The molecule has 0 spiro atoms. The van der Waals surface area contributed by atoms with E-state index >= 15 is 0 Å². The third-order valence-electron chi connectivity index (χ3n) is 1.85. The number of carbonyl (C=O) groups is 1. The zero-order chi connectivity index (χ0) is 11.2. The largest absolute Gasteiger partial charge is 0.512 e. The summed E-state index contributed by atoms with van der Waals surface area (Å²) < 4.78 is 0. The summed E-state index contributed by atoms with van der Waals surface area (Å²) in [5.41, 5.74) is 0. The van der Waals surface area contributed by atoms with Crippen LogP contribution in [-0.4, -0.2) is 32.0 Å². The summed E-state index contributed by atoms with van der Waals surface area (Å²) in [6.45, 7) is 1.93. The van der Waals surface area contributed by atoms with E-state index in [2.05, 4.69) is 0 Å². The lowest BCUT2D eigenvalue weighted by molar-refractivity contribution is -0.183. The highest BCUT2D eigenvalue weighted by Crippen LogP contribution is 2.16. The van der Waals surface area contributed by atoms with Gasteiger partial charge in [-0.2, -0.15) is 0 Å². The van der Waals surface area contributed by atoms with Crippen LogP contribution in [0.4, 0.5) is 0 Å². The Morgan fingerprint density at radius 2 is 1.93 bits per heavy atom. The number of unbranched alkanes of at least 4 members (excludes halogenated alkanes) is 2. The predicted octanol–water partition coefficient (Wildman–Crippen LogP) is 0.774. The molecule has 5 heteroatoms. The van der Waals surface area contributed by atoms with Gasteiger partial charge in [-0.3, -0.25) is 4.79 Å². The zero-order valence-corrected chi connectivity index (χ0v) is 8.10. The van der Waals surface area contributed by atoms with Gasteiger partial charge in [0.1, 0.15) is 6.26 Å². The fourth-order valence-electron chi connectivity index (χ4n) is 0.999. The number of aliphatic hydroxyl groups is 4. The Labute approximate surface area is 82.3 Å². The zero-order valence-electron chi connectivity index (χ0n) is 8.10. The summed E-state index contributed by atoms with van der Waals surface area (Å²) in [5, 5.41) is 35.5. The fraction of sp³-hybridized carbons (Fsp3) is 0.667. The SMILES string of the molecule is CCCCCC(O)(O)C(=O)C(O)=CO. The van der Waals surface area contributed by atoms with E-state index in [-0.39, 0.29) is 12.7 Å². The Morgan fingerprint density at radius 3 is 2.36 bits per heavy atom. The molecule has 0 saturated heterocycles. The van der Waals surface area contributed by atoms with Crippen molar-refractivity contribution in [1.82, 2.24) is 0 Å². The highest BCUT2D eigenvalue weighted by Gasteiger charge is 2.35. The quantitative estimate of drug-likeness (QED) is 0.222. The van der Waals surface area contributed by atoms with Crippen LogP contribution in [0.5, 0.6) is 0 Å². The van der Waals surface area contributed by atoms with Crippen molar-refractivity contribution < 1.29 is 25.2 Å². The Bertz CT molecular complexity index is 219. The van der Waals surface area contributed by atoms with Crippen molar-refractivity contribution >= 4 is 5.78 Å². The van der Waals surface area contributed by atoms with E-state index < -0.39 is 17.3 Å². The Hall–Kier alpha value is -1.07. The maximum atomic E-state index is 11.0. The third kappa shape index (κ3) is 3.76. The Balaban J connectivity index is 4.24. The van der Waals surface area contributed by atoms with Gasteiger partial charge in [0.05, 0.1) is 0 Å². The van der Waals surface area contributed by atoms with Gasteiger partial charge in [-0.25, -0.2) is 0 Å². The number of hydrogen-bond acceptors (Lipinski definition) is 5. The second-order valence-electron chi connectivity index (χ2n) is 3.12. The number of rotatable bonds is 6. The van der Waals surface area contributed by atoms with Crippen molar-refractivity contribution in [3.8, 4) is 0 Å². The first-order valence-corrected chi connectivity index (χ1v) is 4.48. The molecule has 0 saturated carbocycles. The average molecular weight is 204 g/mol. The molecule has 0 aromatic carbocycles. The molecule has 0 aromatic rings. The molecule has 0 radical (unpaired) electrons. The number of hydrogen-bond donors (Lipinski definition) is 4. The normalized spacial score (nSPS) is 12.9. The van der Waals surface area contributed by atoms with Crippen LogP contribution >= 0.6 is 0 Å². The third-order valence-corrected chi connectivity index (χ3v) is 1.85. The molecule has 5 nitrogen and oxygen atoms in total. The van der Waals surface area contributed by atoms with Crippen molar-refractivity contribution in [2.45, 2.75) is 38.4 Å². The molecule has 0 bridgehead atoms. The molecule has 0 aliphatic carbocycles. The maximum Gasteiger partial charge on any atom is 0.258 e. The lowest BCUT2D eigenvalue weighted by Gasteiger charge is -2.18. The van der Waals surface area contributed by atoms with E-state index in [0.29, 0.717) is 6.42 Å². The smallest absolute Gasteiger partial charge is 0.258 e. The molecule has 4 N–H and O–H groups in total. The summed E-state index contributed by atoms with van der Waals surface area (Å²) in [5.74, 6) is -4.92. The summed E-state index contributed by atoms with van der Waals surface area (Å²) in [6, 6.07) is 0. The van der Waals surface area contributed by atoms with Gasteiger partial charge in [0.15, 0.2) is 5.76 Å². The van der Waals surface area contributed by atoms with Crippen LogP contribution in [0, 0.1) is 0 Å². The van der Waals surface area contributed by atoms with Crippen LogP contribution in [0.3, 0.4) is 0 Å². The molecule has 0 aromatic heterocycles. The van der Waals surface area contributed by atoms with Gasteiger partial charge in [-0.15, -0.1) is 0 Å². The molecular weight excluding hydrogens is 188 g/mol. The molecule has 0 atom stereocenters. The van der Waals surface area contributed by atoms with Gasteiger partial charge < -0.3 is 20.4 Å². The number of Topliss-reactive ketones (excluding diaryl/α,β-unsaturated/α-hetero) is 1. The van der Waals surface area contributed by atoms with E-state index in [4.69, 9.17) is 10.2 Å². The Morgan fingerprint density at radius 1 is 1.36 bits per heavy atom. The highest BCUT2D eigenvalue weighted by atomic mass is 16.5. The lowest BCUT2D eigenvalue weighted by atomic mass is 10.0. The van der Waals surface area contributed by atoms with E-state index in [1.54, 1.807) is 0 Å². The first kappa shape index (κ1) is 12.9. The van der Waals surface area contributed by atoms with Crippen LogP contribution in [0.1, 0.15) is 32.6 Å². The molecule has 14 heavy (non-hydrogen) atoms. The minimum absolute atomic E-state index is 0.142. The number of ketones is 1. The van der Waals surface area contributed by atoms with Gasteiger partial charge in [-0.1, -0.05) is 19.8 Å². The van der Waals surface area contributed by atoms with Crippen molar-refractivity contribution in [3.05, 3.63) is 12.0 Å². The molecule has 0 amide bonds. The van der Waals surface area contributed by atoms with E-state index in [1.807, 2.05) is 6.92 Å². The minimum atomic E-state index is -2.58. The maximum absolute atomic E-state index is 11.0. The molecule has 0 aliphatic heterocycles. The molecule has 0 rings (SSSR count). The summed E-state index contributed by atoms with van der Waals surface area (Å²) >= 11 is 0. The summed E-state index contributed by atoms with van der Waals surface area (Å²) in [7, 11) is 0. The van der Waals surface area contributed by atoms with Crippen LogP contribution in [0.15, 0.2) is 12.0 Å². The van der Waals surface area contributed by atoms with Crippen molar-refractivity contribution in [3.63, 3.8) is 0 Å². The monoisotopic (exact) mass is 204 g/mol. The van der Waals surface area contributed by atoms with E-state index in [9.17, 15) is 15.0 Å². The Kier molecular flexibility index (Phi) is 5.19. The highest BCUT2D eigenvalue weighted by molar-refractivity contribution is 5.98. The summed E-state index contributed by atoms with van der Waals surface area (Å²) in [4.78, 5) is 11.0. The molecule has 0 unspecified atom stereocenters. The predicted molar refractivity (Wildman–Crippen MR) is 49.7 cm³/mol. The van der Waals surface area contributed by atoms with Crippen LogP contribution in [0.2, 0.25) is 0 Å². The molecule has 0 heterocycles. The first-order valence-electron chi connectivity index (χ1n) is 4.48. The lowest BCUT2D eigenvalue weighted by Crippen LogP contribution is -2.39. The van der Waals surface area contributed by atoms with Crippen molar-refractivity contribution in [2.24, 2.45) is 0 Å². The molecule has 82 valence electrons. The average Bonchev–Trinajstić information content (AvgIpc) is 2.15. The van der Waals surface area contributed by atoms with Gasteiger partial charge in [0.25, 0.3) is 5.78 Å². The van der Waals surface area contributed by atoms with Crippen LogP contribution in [0.25, 0.3) is 0 Å².